The van der Waals surface area contributed by atoms with Crippen molar-refractivity contribution in [1.82, 2.24) is 5.06 Å². The minimum absolute atomic E-state index is 0.0605. The normalized spacial score (nSPS) is 13.0. The number of rotatable bonds is 7. The maximum absolute atomic E-state index is 13.8. The summed E-state index contributed by atoms with van der Waals surface area (Å²) >= 11 is 0. The van der Waals surface area contributed by atoms with E-state index in [1.54, 1.807) is 24.3 Å². The molecule has 0 aliphatic carbocycles. The summed E-state index contributed by atoms with van der Waals surface area (Å²) in [5.74, 6) is -4.15. The van der Waals surface area contributed by atoms with Gasteiger partial charge in [-0.3, -0.25) is 4.84 Å². The van der Waals surface area contributed by atoms with Gasteiger partial charge in [-0.15, -0.1) is 0 Å². The quantitative estimate of drug-likeness (QED) is 0.786. The molecule has 0 saturated carbocycles. The second-order valence-electron chi connectivity index (χ2n) is 5.16. The average Bonchev–Trinajstić information content (AvgIpc) is 2.50. The number of benzene rings is 1. The molecule has 0 spiro atoms. The molecule has 0 saturated heterocycles. The number of alkyl halides is 2. The zero-order valence-corrected chi connectivity index (χ0v) is 12.8. The first-order chi connectivity index (χ1) is 10.3. The Balaban J connectivity index is 2.81. The van der Waals surface area contributed by atoms with E-state index in [0.717, 1.165) is 12.7 Å². The van der Waals surface area contributed by atoms with Gasteiger partial charge in [0, 0.05) is 0 Å². The second-order valence-corrected chi connectivity index (χ2v) is 5.16. The number of nitrogens with zero attached hydrogens (tertiary/aromatic N) is 1. The fourth-order valence-corrected chi connectivity index (χ4v) is 2.11. The van der Waals surface area contributed by atoms with Gasteiger partial charge in [-0.05, 0) is 11.5 Å². The lowest BCUT2D eigenvalue weighted by Crippen LogP contribution is -2.54. The van der Waals surface area contributed by atoms with Crippen LogP contribution >= 0.6 is 0 Å². The van der Waals surface area contributed by atoms with Gasteiger partial charge in [0.2, 0.25) is 0 Å². The molecule has 124 valence electrons. The number of carbonyl (C=O) groups excluding carboxylic acids is 1. The largest absolute Gasteiger partial charge is 0.443 e. The van der Waals surface area contributed by atoms with Crippen molar-refractivity contribution in [3.8, 4) is 0 Å². The maximum Gasteiger partial charge on any atom is 0.434 e. The fourth-order valence-electron chi connectivity index (χ4n) is 2.11. The smallest absolute Gasteiger partial charge is 0.434 e. The highest BCUT2D eigenvalue weighted by Crippen LogP contribution is 2.29. The molecular weight excluding hydrogens is 296 g/mol. The van der Waals surface area contributed by atoms with Gasteiger partial charge in [0.25, 0.3) is 5.92 Å². The molecule has 0 radical (unpaired) electrons. The maximum atomic E-state index is 13.8. The average molecular weight is 317 g/mol. The SMILES string of the molecule is CON(C(=O)OCc1ccccc1)[C@H](C(C)C)C(F)(F)CO. The Morgan fingerprint density at radius 2 is 1.91 bits per heavy atom. The van der Waals surface area contributed by atoms with E-state index in [1.165, 1.54) is 13.8 Å². The highest BCUT2D eigenvalue weighted by atomic mass is 19.3. The van der Waals surface area contributed by atoms with E-state index in [-0.39, 0.29) is 6.61 Å². The third kappa shape index (κ3) is 4.64. The van der Waals surface area contributed by atoms with Crippen LogP contribution in [0.25, 0.3) is 0 Å². The van der Waals surface area contributed by atoms with Crippen LogP contribution in [-0.2, 0) is 16.2 Å². The van der Waals surface area contributed by atoms with Crippen molar-refractivity contribution in [2.45, 2.75) is 32.4 Å². The molecule has 0 bridgehead atoms. The minimum atomic E-state index is -3.50. The molecule has 1 atom stereocenters. The van der Waals surface area contributed by atoms with Crippen LogP contribution in [-0.4, -0.2) is 41.9 Å². The number of hydrogen-bond donors (Lipinski definition) is 1. The molecule has 0 aromatic heterocycles. The summed E-state index contributed by atoms with van der Waals surface area (Å²) in [4.78, 5) is 16.8. The zero-order chi connectivity index (χ0) is 16.8. The van der Waals surface area contributed by atoms with Crippen molar-refractivity contribution < 1.29 is 28.3 Å². The van der Waals surface area contributed by atoms with E-state index in [4.69, 9.17) is 14.7 Å². The van der Waals surface area contributed by atoms with Crippen molar-refractivity contribution in [3.05, 3.63) is 35.9 Å². The number of hydrogen-bond acceptors (Lipinski definition) is 4. The number of ether oxygens (including phenoxy) is 1. The summed E-state index contributed by atoms with van der Waals surface area (Å²) in [6.45, 7) is 1.56. The topological polar surface area (TPSA) is 59.0 Å². The first-order valence-electron chi connectivity index (χ1n) is 6.86. The highest BCUT2D eigenvalue weighted by molar-refractivity contribution is 5.67. The van der Waals surface area contributed by atoms with Crippen molar-refractivity contribution in [1.29, 1.82) is 0 Å². The summed E-state index contributed by atoms with van der Waals surface area (Å²) in [7, 11) is 1.10. The fraction of sp³-hybridized carbons (Fsp3) is 0.533. The number of halogens is 2. The second kappa shape index (κ2) is 8.05. The molecule has 0 heterocycles. The van der Waals surface area contributed by atoms with E-state index in [1.807, 2.05) is 6.07 Å². The summed E-state index contributed by atoms with van der Waals surface area (Å²) in [6, 6.07) is 7.20. The van der Waals surface area contributed by atoms with Crippen molar-refractivity contribution in [3.63, 3.8) is 0 Å². The molecule has 0 aliphatic rings. The Morgan fingerprint density at radius 1 is 1.32 bits per heavy atom. The number of carbonyl (C=O) groups is 1. The van der Waals surface area contributed by atoms with Crippen LogP contribution < -0.4 is 0 Å². The zero-order valence-electron chi connectivity index (χ0n) is 12.8. The van der Waals surface area contributed by atoms with Gasteiger partial charge >= 0.3 is 6.09 Å². The van der Waals surface area contributed by atoms with Gasteiger partial charge in [0.05, 0.1) is 7.11 Å². The van der Waals surface area contributed by atoms with Crippen molar-refractivity contribution in [2.75, 3.05) is 13.7 Å². The van der Waals surface area contributed by atoms with Crippen LogP contribution in [0.3, 0.4) is 0 Å². The van der Waals surface area contributed by atoms with E-state index in [0.29, 0.717) is 5.06 Å². The van der Waals surface area contributed by atoms with Crippen LogP contribution in [0, 0.1) is 5.92 Å². The third-order valence-electron chi connectivity index (χ3n) is 3.11. The first kappa shape index (κ1) is 18.3. The van der Waals surface area contributed by atoms with Gasteiger partial charge < -0.3 is 9.84 Å². The van der Waals surface area contributed by atoms with Crippen molar-refractivity contribution >= 4 is 6.09 Å². The van der Waals surface area contributed by atoms with Crippen LogP contribution in [0.5, 0.6) is 0 Å². The summed E-state index contributed by atoms with van der Waals surface area (Å²) in [5, 5.41) is 9.34. The molecule has 1 rings (SSSR count). The van der Waals surface area contributed by atoms with Crippen LogP contribution in [0.4, 0.5) is 13.6 Å². The van der Waals surface area contributed by atoms with Crippen molar-refractivity contribution in [2.24, 2.45) is 5.92 Å². The standard InChI is InChI=1S/C15H21F2NO4/c1-11(2)13(15(16,17)10-19)18(21-3)14(20)22-9-12-7-5-4-6-8-12/h4-8,11,13,19H,9-10H2,1-3H3/t13-/m1/s1. The highest BCUT2D eigenvalue weighted by Gasteiger charge is 2.47. The first-order valence-corrected chi connectivity index (χ1v) is 6.86. The number of aliphatic hydroxyl groups excluding tert-OH is 1. The van der Waals surface area contributed by atoms with E-state index >= 15 is 0 Å². The lowest BCUT2D eigenvalue weighted by atomic mass is 9.98. The Morgan fingerprint density at radius 3 is 2.36 bits per heavy atom. The van der Waals surface area contributed by atoms with Crippen LogP contribution in [0.1, 0.15) is 19.4 Å². The Kier molecular flexibility index (Phi) is 6.70. The molecule has 0 aliphatic heterocycles. The summed E-state index contributed by atoms with van der Waals surface area (Å²) in [5.41, 5.74) is 0.724. The minimum Gasteiger partial charge on any atom is -0.443 e. The number of hydroxylamine groups is 2. The molecule has 1 aromatic carbocycles. The number of aliphatic hydroxyl groups is 1. The van der Waals surface area contributed by atoms with Gasteiger partial charge in [0.1, 0.15) is 19.3 Å². The van der Waals surface area contributed by atoms with E-state index in [9.17, 15) is 13.6 Å². The predicted molar refractivity (Wildman–Crippen MR) is 76.1 cm³/mol. The van der Waals surface area contributed by atoms with E-state index < -0.39 is 30.6 Å². The number of amides is 1. The monoisotopic (exact) mass is 317 g/mol. The van der Waals surface area contributed by atoms with Gasteiger partial charge in [-0.25, -0.2) is 13.6 Å². The lowest BCUT2D eigenvalue weighted by Gasteiger charge is -2.35. The van der Waals surface area contributed by atoms with Gasteiger partial charge in [-0.1, -0.05) is 44.2 Å². The Bertz CT molecular complexity index is 468. The van der Waals surface area contributed by atoms with Gasteiger partial charge in [0.15, 0.2) is 0 Å². The van der Waals surface area contributed by atoms with Crippen LogP contribution in [0.2, 0.25) is 0 Å². The molecular formula is C15H21F2NO4. The molecule has 1 amide bonds. The van der Waals surface area contributed by atoms with Crippen LogP contribution in [0.15, 0.2) is 30.3 Å². The summed E-state index contributed by atoms with van der Waals surface area (Å²) in [6.07, 6.45) is -1.03. The molecule has 7 heteroatoms. The van der Waals surface area contributed by atoms with Gasteiger partial charge in [-0.2, -0.15) is 5.06 Å². The summed E-state index contributed by atoms with van der Waals surface area (Å²) < 4.78 is 32.7. The Labute approximate surface area is 128 Å². The predicted octanol–water partition coefficient (Wildman–Crippen LogP) is 2.84. The molecule has 22 heavy (non-hydrogen) atoms. The molecule has 0 unspecified atom stereocenters. The molecule has 1 N–H and O–H groups in total. The Hall–Kier alpha value is -1.73. The molecule has 1 aromatic rings. The van der Waals surface area contributed by atoms with E-state index in [2.05, 4.69) is 0 Å². The third-order valence-corrected chi connectivity index (χ3v) is 3.11. The molecule has 5 nitrogen and oxygen atoms in total. The lowest BCUT2D eigenvalue weighted by molar-refractivity contribution is -0.220. The molecule has 0 fully saturated rings.